The van der Waals surface area contributed by atoms with Crippen LogP contribution >= 0.6 is 34.7 Å². The summed E-state index contributed by atoms with van der Waals surface area (Å²) in [7, 11) is 0. The Morgan fingerprint density at radius 3 is 2.48 bits per heavy atom. The maximum Gasteiger partial charge on any atom is 0.296 e. The zero-order valence-electron chi connectivity index (χ0n) is 24.0. The largest absolute Gasteiger partial charge is 0.503 e. The van der Waals surface area contributed by atoms with Gasteiger partial charge in [0, 0.05) is 16.2 Å². The SMILES string of the molecule is O=C(C1=C(O)C(=O)N(c2nnc(SCc3ccccc3Cl)s2)C1c1ccc(OCc2ccccc2)cc1)c1cc2ccccc2o1. The van der Waals surface area contributed by atoms with Crippen LogP contribution in [0.15, 0.2) is 129 Å². The zero-order chi connectivity index (χ0) is 31.6. The minimum Gasteiger partial charge on any atom is -0.503 e. The normalized spacial score (nSPS) is 14.8. The molecule has 6 aromatic rings. The molecule has 0 bridgehead atoms. The number of aliphatic hydroxyl groups excluding tert-OH is 1. The van der Waals surface area contributed by atoms with Crippen LogP contribution in [-0.2, 0) is 17.2 Å². The number of fused-ring (bicyclic) bond motifs is 1. The van der Waals surface area contributed by atoms with Gasteiger partial charge in [0.15, 0.2) is 15.9 Å². The number of amides is 1. The number of para-hydroxylation sites is 1. The number of hydrogen-bond acceptors (Lipinski definition) is 9. The molecule has 0 saturated heterocycles. The third kappa shape index (κ3) is 5.90. The van der Waals surface area contributed by atoms with Crippen molar-refractivity contribution in [3.05, 3.63) is 148 Å². The number of thioether (sulfide) groups is 1. The number of furan rings is 1. The van der Waals surface area contributed by atoms with Gasteiger partial charge in [-0.1, -0.05) is 114 Å². The number of hydrogen-bond donors (Lipinski definition) is 1. The number of ketones is 1. The van der Waals surface area contributed by atoms with Gasteiger partial charge < -0.3 is 14.3 Å². The van der Waals surface area contributed by atoms with E-state index in [-0.39, 0.29) is 16.5 Å². The van der Waals surface area contributed by atoms with E-state index in [0.717, 1.165) is 16.5 Å². The molecule has 1 atom stereocenters. The van der Waals surface area contributed by atoms with Gasteiger partial charge in [-0.2, -0.15) is 0 Å². The Balaban J connectivity index is 1.21. The third-order valence-corrected chi connectivity index (χ3v) is 9.93. The molecule has 0 radical (unpaired) electrons. The molecule has 46 heavy (non-hydrogen) atoms. The number of anilines is 1. The van der Waals surface area contributed by atoms with Gasteiger partial charge in [0.2, 0.25) is 10.9 Å². The Kier molecular flexibility index (Phi) is 8.32. The summed E-state index contributed by atoms with van der Waals surface area (Å²) in [4.78, 5) is 29.0. The lowest BCUT2D eigenvalue weighted by Crippen LogP contribution is -2.31. The van der Waals surface area contributed by atoms with E-state index in [1.54, 1.807) is 42.5 Å². The zero-order valence-corrected chi connectivity index (χ0v) is 26.4. The van der Waals surface area contributed by atoms with Crippen LogP contribution in [0.4, 0.5) is 5.13 Å². The monoisotopic (exact) mass is 665 g/mol. The number of aromatic nitrogens is 2. The molecular formula is C35H24ClN3O5S2. The standard InChI is InChI=1S/C35H24ClN3O5S2/c36-26-12-6-4-11-24(26)20-45-35-38-37-34(46-35)39-30(22-14-16-25(17-15-22)43-19-21-8-2-1-3-9-21)29(32(41)33(39)42)31(40)28-18-23-10-5-7-13-27(23)44-28/h1-18,30,41H,19-20H2. The van der Waals surface area contributed by atoms with E-state index in [2.05, 4.69) is 10.2 Å². The van der Waals surface area contributed by atoms with Gasteiger partial charge in [0.1, 0.15) is 17.9 Å². The van der Waals surface area contributed by atoms with Crippen LogP contribution in [-0.4, -0.2) is 27.0 Å². The number of carbonyl (C=O) groups excluding carboxylic acids is 2. The van der Waals surface area contributed by atoms with Gasteiger partial charge in [-0.15, -0.1) is 10.2 Å². The van der Waals surface area contributed by atoms with E-state index in [4.69, 9.17) is 20.8 Å². The lowest BCUT2D eigenvalue weighted by molar-refractivity contribution is -0.117. The minimum absolute atomic E-state index is 0.0125. The quantitative estimate of drug-likeness (QED) is 0.0881. The summed E-state index contributed by atoms with van der Waals surface area (Å²) in [5, 5.41) is 21.4. The number of aliphatic hydroxyl groups is 1. The molecule has 1 N–H and O–H groups in total. The van der Waals surface area contributed by atoms with Crippen molar-refractivity contribution in [2.24, 2.45) is 0 Å². The molecule has 0 spiro atoms. The summed E-state index contributed by atoms with van der Waals surface area (Å²) in [5.74, 6) is -0.852. The Morgan fingerprint density at radius 2 is 1.70 bits per heavy atom. The molecule has 4 aromatic carbocycles. The van der Waals surface area contributed by atoms with Crippen molar-refractivity contribution in [1.29, 1.82) is 0 Å². The minimum atomic E-state index is -0.995. The van der Waals surface area contributed by atoms with Crippen molar-refractivity contribution >= 4 is 62.5 Å². The molecule has 1 unspecified atom stereocenters. The van der Waals surface area contributed by atoms with E-state index in [1.807, 2.05) is 66.7 Å². The first-order chi connectivity index (χ1) is 22.5. The van der Waals surface area contributed by atoms with Crippen LogP contribution < -0.4 is 9.64 Å². The summed E-state index contributed by atoms with van der Waals surface area (Å²) in [6.07, 6.45) is 0. The second-order valence-electron chi connectivity index (χ2n) is 10.4. The second-order valence-corrected chi connectivity index (χ2v) is 13.0. The molecule has 2 aromatic heterocycles. The fraction of sp³-hybridized carbons (Fsp3) is 0.0857. The number of nitrogens with zero attached hydrogens (tertiary/aromatic N) is 3. The van der Waals surface area contributed by atoms with Crippen molar-refractivity contribution < 1.29 is 23.8 Å². The maximum absolute atomic E-state index is 14.0. The molecule has 1 aliphatic rings. The molecule has 228 valence electrons. The fourth-order valence-electron chi connectivity index (χ4n) is 5.18. The average molecular weight is 666 g/mol. The van der Waals surface area contributed by atoms with Crippen LogP contribution in [0.3, 0.4) is 0 Å². The molecule has 1 amide bonds. The number of carbonyl (C=O) groups is 2. The van der Waals surface area contributed by atoms with Crippen molar-refractivity contribution in [3.63, 3.8) is 0 Å². The van der Waals surface area contributed by atoms with Crippen LogP contribution in [0, 0.1) is 0 Å². The Morgan fingerprint density at radius 1 is 0.957 bits per heavy atom. The van der Waals surface area contributed by atoms with Crippen LogP contribution in [0.2, 0.25) is 5.02 Å². The lowest BCUT2D eigenvalue weighted by atomic mass is 9.95. The van der Waals surface area contributed by atoms with Gasteiger partial charge in [0.25, 0.3) is 5.91 Å². The first-order valence-corrected chi connectivity index (χ1v) is 16.4. The van der Waals surface area contributed by atoms with E-state index < -0.39 is 23.5 Å². The van der Waals surface area contributed by atoms with E-state index in [0.29, 0.717) is 38.6 Å². The lowest BCUT2D eigenvalue weighted by Gasteiger charge is -2.24. The molecule has 1 aliphatic heterocycles. The van der Waals surface area contributed by atoms with Crippen molar-refractivity contribution in [2.75, 3.05) is 4.90 Å². The predicted octanol–water partition coefficient (Wildman–Crippen LogP) is 8.59. The van der Waals surface area contributed by atoms with Crippen LogP contribution in [0.1, 0.15) is 33.3 Å². The highest BCUT2D eigenvalue weighted by atomic mass is 35.5. The molecule has 0 saturated carbocycles. The number of Topliss-reactive ketones (excluding diaryl/α,β-unsaturated/α-hetero) is 1. The van der Waals surface area contributed by atoms with E-state index >= 15 is 0 Å². The number of benzene rings is 4. The summed E-state index contributed by atoms with van der Waals surface area (Å²) in [6, 6.07) is 32.2. The second kappa shape index (κ2) is 12.8. The summed E-state index contributed by atoms with van der Waals surface area (Å²) in [6.45, 7) is 0.379. The topological polar surface area (TPSA) is 106 Å². The van der Waals surface area contributed by atoms with Crippen molar-refractivity contribution in [3.8, 4) is 5.75 Å². The van der Waals surface area contributed by atoms with E-state index in [9.17, 15) is 14.7 Å². The smallest absolute Gasteiger partial charge is 0.296 e. The fourth-order valence-corrected chi connectivity index (χ4v) is 7.33. The van der Waals surface area contributed by atoms with Gasteiger partial charge in [0.05, 0.1) is 11.6 Å². The van der Waals surface area contributed by atoms with Crippen molar-refractivity contribution in [2.45, 2.75) is 22.7 Å². The number of halogens is 1. The number of ether oxygens (including phenoxy) is 1. The highest BCUT2D eigenvalue weighted by Crippen LogP contribution is 2.44. The van der Waals surface area contributed by atoms with Gasteiger partial charge in [-0.25, -0.2) is 0 Å². The first kappa shape index (κ1) is 29.8. The first-order valence-electron chi connectivity index (χ1n) is 14.2. The predicted molar refractivity (Wildman–Crippen MR) is 179 cm³/mol. The molecule has 8 nitrogen and oxygen atoms in total. The highest BCUT2D eigenvalue weighted by molar-refractivity contribution is 8.00. The molecule has 0 fully saturated rings. The molecule has 11 heteroatoms. The van der Waals surface area contributed by atoms with E-state index in [1.165, 1.54) is 28.0 Å². The van der Waals surface area contributed by atoms with Gasteiger partial charge >= 0.3 is 0 Å². The van der Waals surface area contributed by atoms with Crippen LogP contribution in [0.5, 0.6) is 5.75 Å². The maximum atomic E-state index is 14.0. The molecular weight excluding hydrogens is 642 g/mol. The summed E-state index contributed by atoms with van der Waals surface area (Å²) < 4.78 is 12.4. The third-order valence-electron chi connectivity index (χ3n) is 7.46. The Bertz CT molecular complexity index is 2060. The van der Waals surface area contributed by atoms with Crippen LogP contribution in [0.25, 0.3) is 11.0 Å². The van der Waals surface area contributed by atoms with Gasteiger partial charge in [-0.05, 0) is 47.0 Å². The Hall–Kier alpha value is -4.90. The number of rotatable bonds is 10. The Labute approximate surface area is 276 Å². The van der Waals surface area contributed by atoms with Gasteiger partial charge in [-0.3, -0.25) is 14.5 Å². The summed E-state index contributed by atoms with van der Waals surface area (Å²) >= 11 is 8.94. The molecule has 3 heterocycles. The van der Waals surface area contributed by atoms with Crippen molar-refractivity contribution in [1.82, 2.24) is 10.2 Å². The molecule has 7 rings (SSSR count). The summed E-state index contributed by atoms with van der Waals surface area (Å²) in [5.41, 5.74) is 2.94. The highest BCUT2D eigenvalue weighted by Gasteiger charge is 2.46. The average Bonchev–Trinajstić information content (AvgIpc) is 3.80. The molecule has 0 aliphatic carbocycles.